The van der Waals surface area contributed by atoms with Crippen molar-refractivity contribution in [2.75, 3.05) is 5.32 Å². The average Bonchev–Trinajstić information content (AvgIpc) is 3.29. The van der Waals surface area contributed by atoms with Crippen LogP contribution in [0.1, 0.15) is 36.7 Å². The number of carbonyl (C=O) groups excluding carboxylic acids is 1. The van der Waals surface area contributed by atoms with Gasteiger partial charge in [-0.05, 0) is 35.2 Å². The van der Waals surface area contributed by atoms with E-state index in [1.165, 1.54) is 11.9 Å². The lowest BCUT2D eigenvalue weighted by molar-refractivity contribution is 0.102. The number of pyridine rings is 1. The van der Waals surface area contributed by atoms with E-state index in [4.69, 9.17) is 0 Å². The van der Waals surface area contributed by atoms with E-state index in [1.807, 2.05) is 47.0 Å². The summed E-state index contributed by atoms with van der Waals surface area (Å²) in [5, 5.41) is 6.97. The van der Waals surface area contributed by atoms with E-state index in [9.17, 15) is 4.79 Å². The zero-order chi connectivity index (χ0) is 19.0. The number of fused-ring (bicyclic) bond motifs is 1. The van der Waals surface area contributed by atoms with E-state index in [-0.39, 0.29) is 11.3 Å². The normalized spacial score (nSPS) is 11.7. The van der Waals surface area contributed by atoms with Gasteiger partial charge in [-0.1, -0.05) is 32.9 Å². The first-order valence-corrected chi connectivity index (χ1v) is 8.66. The van der Waals surface area contributed by atoms with E-state index >= 15 is 0 Å². The van der Waals surface area contributed by atoms with E-state index in [0.29, 0.717) is 11.4 Å². The number of aromatic nitrogens is 5. The molecule has 0 aliphatic heterocycles. The largest absolute Gasteiger partial charge is 0.305 e. The van der Waals surface area contributed by atoms with Crippen LogP contribution in [-0.4, -0.2) is 30.1 Å². The number of carbonyl (C=O) groups is 1. The van der Waals surface area contributed by atoms with Gasteiger partial charge in [0, 0.05) is 11.8 Å². The van der Waals surface area contributed by atoms with E-state index < -0.39 is 0 Å². The summed E-state index contributed by atoms with van der Waals surface area (Å²) in [6.45, 7) is 6.44. The lowest BCUT2D eigenvalue weighted by atomic mass is 9.87. The highest BCUT2D eigenvalue weighted by Crippen LogP contribution is 2.22. The highest BCUT2D eigenvalue weighted by molar-refractivity contribution is 6.03. The summed E-state index contributed by atoms with van der Waals surface area (Å²) in [5.41, 5.74) is 3.43. The first-order valence-electron chi connectivity index (χ1n) is 8.66. The highest BCUT2D eigenvalue weighted by Gasteiger charge is 2.15. The fraction of sp³-hybridized carbons (Fsp3) is 0.200. The molecule has 0 unspecified atom stereocenters. The number of amides is 1. The van der Waals surface area contributed by atoms with Gasteiger partial charge in [0.25, 0.3) is 5.91 Å². The molecule has 27 heavy (non-hydrogen) atoms. The van der Waals surface area contributed by atoms with Gasteiger partial charge in [-0.3, -0.25) is 4.79 Å². The summed E-state index contributed by atoms with van der Waals surface area (Å²) in [6, 6.07) is 11.4. The van der Waals surface area contributed by atoms with Gasteiger partial charge in [-0.15, -0.1) is 0 Å². The number of hydrogen-bond acceptors (Lipinski definition) is 4. The molecule has 7 nitrogen and oxygen atoms in total. The molecule has 1 aromatic carbocycles. The third-order valence-corrected chi connectivity index (χ3v) is 4.37. The number of benzene rings is 1. The maximum absolute atomic E-state index is 12.5. The standard InChI is InChI=1S/C20H20N6O/c1-20(2,3)15-6-4-14(5-7-15)19(27)24-17-11-25-10-16(8-9-18(25)23-17)26-13-21-12-22-26/h4-13H,1-3H3,(H,24,27). The third kappa shape index (κ3) is 3.44. The van der Waals surface area contributed by atoms with Crippen LogP contribution in [0.15, 0.2) is 61.4 Å². The lowest BCUT2D eigenvalue weighted by Gasteiger charge is -2.18. The van der Waals surface area contributed by atoms with Gasteiger partial charge in [0.15, 0.2) is 5.82 Å². The van der Waals surface area contributed by atoms with Crippen LogP contribution in [0.3, 0.4) is 0 Å². The molecule has 7 heteroatoms. The van der Waals surface area contributed by atoms with Crippen LogP contribution in [0.5, 0.6) is 0 Å². The quantitative estimate of drug-likeness (QED) is 0.607. The Morgan fingerprint density at radius 3 is 2.48 bits per heavy atom. The molecule has 4 rings (SSSR count). The molecule has 0 atom stereocenters. The monoisotopic (exact) mass is 360 g/mol. The van der Waals surface area contributed by atoms with Crippen molar-refractivity contribution in [2.45, 2.75) is 26.2 Å². The Balaban J connectivity index is 1.55. The van der Waals surface area contributed by atoms with Crippen LogP contribution in [0.2, 0.25) is 0 Å². The molecule has 0 fully saturated rings. The molecule has 0 spiro atoms. The first kappa shape index (κ1) is 17.0. The van der Waals surface area contributed by atoms with Crippen LogP contribution in [0.4, 0.5) is 5.82 Å². The van der Waals surface area contributed by atoms with Crippen LogP contribution < -0.4 is 5.32 Å². The van der Waals surface area contributed by atoms with Crippen molar-refractivity contribution in [3.05, 3.63) is 72.6 Å². The predicted octanol–water partition coefficient (Wildman–Crippen LogP) is 3.46. The Morgan fingerprint density at radius 1 is 1.04 bits per heavy atom. The second-order valence-corrected chi connectivity index (χ2v) is 7.40. The summed E-state index contributed by atoms with van der Waals surface area (Å²) >= 11 is 0. The minimum atomic E-state index is -0.185. The Hall–Kier alpha value is -3.48. The van der Waals surface area contributed by atoms with E-state index in [2.05, 4.69) is 41.2 Å². The van der Waals surface area contributed by atoms with Gasteiger partial charge >= 0.3 is 0 Å². The van der Waals surface area contributed by atoms with Crippen LogP contribution in [0, 0.1) is 0 Å². The average molecular weight is 360 g/mol. The van der Waals surface area contributed by atoms with Crippen molar-refractivity contribution in [3.8, 4) is 5.69 Å². The molecule has 0 aliphatic carbocycles. The topological polar surface area (TPSA) is 77.1 Å². The van der Waals surface area contributed by atoms with Crippen LogP contribution in [-0.2, 0) is 5.41 Å². The molecular formula is C20H20N6O. The van der Waals surface area contributed by atoms with Gasteiger partial charge in [-0.2, -0.15) is 5.10 Å². The van der Waals surface area contributed by atoms with Gasteiger partial charge in [0.2, 0.25) is 0 Å². The maximum atomic E-state index is 12.5. The predicted molar refractivity (Wildman–Crippen MR) is 103 cm³/mol. The van der Waals surface area contributed by atoms with Crippen molar-refractivity contribution < 1.29 is 4.79 Å². The van der Waals surface area contributed by atoms with Gasteiger partial charge in [0.1, 0.15) is 18.3 Å². The van der Waals surface area contributed by atoms with Crippen molar-refractivity contribution >= 4 is 17.4 Å². The molecule has 0 aliphatic rings. The summed E-state index contributed by atoms with van der Waals surface area (Å²) in [4.78, 5) is 20.9. The van der Waals surface area contributed by atoms with Gasteiger partial charge in [-0.25, -0.2) is 14.6 Å². The van der Waals surface area contributed by atoms with Crippen molar-refractivity contribution in [2.24, 2.45) is 0 Å². The number of rotatable bonds is 3. The van der Waals surface area contributed by atoms with Gasteiger partial charge < -0.3 is 9.72 Å². The number of nitrogens with zero attached hydrogens (tertiary/aromatic N) is 5. The molecule has 0 saturated carbocycles. The number of nitrogens with one attached hydrogen (secondary N) is 1. The highest BCUT2D eigenvalue weighted by atomic mass is 16.1. The van der Waals surface area contributed by atoms with Crippen LogP contribution in [0.25, 0.3) is 11.3 Å². The molecule has 0 bridgehead atoms. The second-order valence-electron chi connectivity index (χ2n) is 7.40. The lowest BCUT2D eigenvalue weighted by Crippen LogP contribution is -2.14. The van der Waals surface area contributed by atoms with Crippen molar-refractivity contribution in [1.29, 1.82) is 0 Å². The maximum Gasteiger partial charge on any atom is 0.256 e. The van der Waals surface area contributed by atoms with Gasteiger partial charge in [0.05, 0.1) is 11.9 Å². The SMILES string of the molecule is CC(C)(C)c1ccc(C(=O)Nc2cn3cc(-n4cncn4)ccc3n2)cc1. The van der Waals surface area contributed by atoms with Crippen molar-refractivity contribution in [1.82, 2.24) is 24.1 Å². The fourth-order valence-corrected chi connectivity index (χ4v) is 2.83. The van der Waals surface area contributed by atoms with E-state index in [1.54, 1.807) is 17.2 Å². The van der Waals surface area contributed by atoms with E-state index in [0.717, 1.165) is 11.3 Å². The molecule has 4 aromatic rings. The number of anilines is 1. The second kappa shape index (κ2) is 6.35. The summed E-state index contributed by atoms with van der Waals surface area (Å²) < 4.78 is 3.50. The zero-order valence-electron chi connectivity index (χ0n) is 15.4. The number of hydrogen-bond donors (Lipinski definition) is 1. The van der Waals surface area contributed by atoms with Crippen molar-refractivity contribution in [3.63, 3.8) is 0 Å². The third-order valence-electron chi connectivity index (χ3n) is 4.37. The fourth-order valence-electron chi connectivity index (χ4n) is 2.83. The Bertz CT molecular complexity index is 1090. The molecule has 3 heterocycles. The minimum Gasteiger partial charge on any atom is -0.305 e. The summed E-state index contributed by atoms with van der Waals surface area (Å²) in [5.74, 6) is 0.311. The molecule has 0 saturated heterocycles. The number of imidazole rings is 1. The molecule has 0 radical (unpaired) electrons. The molecule has 1 amide bonds. The smallest absolute Gasteiger partial charge is 0.256 e. The molecule has 1 N–H and O–H groups in total. The summed E-state index contributed by atoms with van der Waals surface area (Å²) in [7, 11) is 0. The Morgan fingerprint density at radius 2 is 1.81 bits per heavy atom. The summed E-state index contributed by atoms with van der Waals surface area (Å²) in [6.07, 6.45) is 6.76. The minimum absolute atomic E-state index is 0.0540. The Kier molecular flexibility index (Phi) is 3.99. The van der Waals surface area contributed by atoms with Crippen LogP contribution >= 0.6 is 0 Å². The molecule has 136 valence electrons. The first-order chi connectivity index (χ1) is 12.9. The Labute approximate surface area is 156 Å². The molecular weight excluding hydrogens is 340 g/mol. The molecule has 3 aromatic heterocycles. The zero-order valence-corrected chi connectivity index (χ0v) is 15.4.